The van der Waals surface area contributed by atoms with Crippen molar-refractivity contribution in [2.75, 3.05) is 25.1 Å². The maximum Gasteiger partial charge on any atom is 0.147 e. The number of hydrogen-bond donors (Lipinski definition) is 1. The molecule has 1 aromatic heterocycles. The maximum absolute atomic E-state index is 11.0. The van der Waals surface area contributed by atoms with E-state index in [1.807, 2.05) is 10.8 Å². The van der Waals surface area contributed by atoms with Crippen molar-refractivity contribution in [2.45, 2.75) is 26.3 Å². The number of imidazole rings is 1. The molecule has 0 radical (unpaired) electrons. The van der Waals surface area contributed by atoms with E-state index in [0.29, 0.717) is 13.0 Å². The van der Waals surface area contributed by atoms with Crippen LogP contribution in [0.25, 0.3) is 0 Å². The highest BCUT2D eigenvalue weighted by Crippen LogP contribution is 1.99. The second-order valence-corrected chi connectivity index (χ2v) is 6.45. The average molecular weight is 259 g/mol. The Morgan fingerprint density at radius 3 is 2.88 bits per heavy atom. The summed E-state index contributed by atoms with van der Waals surface area (Å²) in [5.41, 5.74) is 1.05. The highest BCUT2D eigenvalue weighted by Gasteiger charge is 2.03. The van der Waals surface area contributed by atoms with Gasteiger partial charge in [-0.05, 0) is 13.0 Å². The third-order valence-corrected chi connectivity index (χ3v) is 3.46. The summed E-state index contributed by atoms with van der Waals surface area (Å²) in [4.78, 5) is 4.28. The van der Waals surface area contributed by atoms with Crippen molar-refractivity contribution in [1.82, 2.24) is 14.9 Å². The zero-order valence-electron chi connectivity index (χ0n) is 10.5. The molecule has 0 amide bonds. The molecule has 1 aromatic rings. The van der Waals surface area contributed by atoms with Crippen LogP contribution in [-0.4, -0.2) is 43.1 Å². The van der Waals surface area contributed by atoms with E-state index in [-0.39, 0.29) is 5.75 Å². The van der Waals surface area contributed by atoms with Crippen LogP contribution >= 0.6 is 0 Å². The molecule has 0 spiro atoms. The minimum atomic E-state index is -2.85. The van der Waals surface area contributed by atoms with Crippen LogP contribution in [-0.2, 0) is 22.8 Å². The molecular formula is C11H21N3O2S. The first-order valence-corrected chi connectivity index (χ1v) is 7.96. The standard InChI is InChI=1S/C11H21N3O2S/c1-3-12-6-5-11-9-14(10-13-11)7-4-8-17(2,15)16/h9-10,12H,3-8H2,1-2H3. The molecule has 0 aromatic carbocycles. The Bertz CT molecular complexity index is 426. The van der Waals surface area contributed by atoms with Gasteiger partial charge in [0, 0.05) is 32.0 Å². The summed E-state index contributed by atoms with van der Waals surface area (Å²) >= 11 is 0. The highest BCUT2D eigenvalue weighted by atomic mass is 32.2. The summed E-state index contributed by atoms with van der Waals surface area (Å²) in [6.45, 7) is 4.68. The van der Waals surface area contributed by atoms with E-state index in [1.165, 1.54) is 6.26 Å². The monoisotopic (exact) mass is 259 g/mol. The van der Waals surface area contributed by atoms with E-state index < -0.39 is 9.84 Å². The van der Waals surface area contributed by atoms with Gasteiger partial charge >= 0.3 is 0 Å². The van der Waals surface area contributed by atoms with Gasteiger partial charge in [-0.2, -0.15) is 0 Å². The van der Waals surface area contributed by atoms with Crippen LogP contribution in [0.1, 0.15) is 19.0 Å². The Kier molecular flexibility index (Phi) is 5.64. The molecule has 0 unspecified atom stereocenters. The van der Waals surface area contributed by atoms with Crippen molar-refractivity contribution in [2.24, 2.45) is 0 Å². The Balaban J connectivity index is 2.30. The van der Waals surface area contributed by atoms with E-state index in [2.05, 4.69) is 17.2 Å². The Morgan fingerprint density at radius 1 is 1.47 bits per heavy atom. The van der Waals surface area contributed by atoms with Crippen LogP contribution in [0.5, 0.6) is 0 Å². The smallest absolute Gasteiger partial charge is 0.147 e. The second-order valence-electron chi connectivity index (χ2n) is 4.19. The third kappa shape index (κ3) is 6.43. The summed E-state index contributed by atoms with van der Waals surface area (Å²) in [5, 5.41) is 3.24. The van der Waals surface area contributed by atoms with Crippen molar-refractivity contribution in [3.8, 4) is 0 Å². The van der Waals surface area contributed by atoms with Gasteiger partial charge < -0.3 is 9.88 Å². The molecule has 1 heterocycles. The van der Waals surface area contributed by atoms with E-state index in [1.54, 1.807) is 6.33 Å². The van der Waals surface area contributed by atoms with Gasteiger partial charge in [-0.25, -0.2) is 13.4 Å². The molecule has 98 valence electrons. The first-order chi connectivity index (χ1) is 8.01. The summed E-state index contributed by atoms with van der Waals surface area (Å²) in [7, 11) is -2.85. The number of aromatic nitrogens is 2. The first kappa shape index (κ1) is 14.2. The number of nitrogens with one attached hydrogen (secondary N) is 1. The number of likely N-dealkylation sites (N-methyl/N-ethyl adjacent to an activating group) is 1. The van der Waals surface area contributed by atoms with E-state index >= 15 is 0 Å². The van der Waals surface area contributed by atoms with Crippen LogP contribution in [0.15, 0.2) is 12.5 Å². The normalized spacial score (nSPS) is 11.9. The van der Waals surface area contributed by atoms with Gasteiger partial charge in [-0.3, -0.25) is 0 Å². The zero-order chi connectivity index (χ0) is 12.7. The lowest BCUT2D eigenvalue weighted by atomic mass is 10.3. The topological polar surface area (TPSA) is 64.0 Å². The number of nitrogens with zero attached hydrogens (tertiary/aromatic N) is 2. The van der Waals surface area contributed by atoms with Crippen LogP contribution in [0, 0.1) is 0 Å². The quantitative estimate of drug-likeness (QED) is 0.689. The lowest BCUT2D eigenvalue weighted by Gasteiger charge is -2.00. The number of rotatable bonds is 8. The Hall–Kier alpha value is -0.880. The Morgan fingerprint density at radius 2 is 2.24 bits per heavy atom. The third-order valence-electron chi connectivity index (χ3n) is 2.43. The van der Waals surface area contributed by atoms with Gasteiger partial charge in [-0.15, -0.1) is 0 Å². The molecule has 5 nitrogen and oxygen atoms in total. The van der Waals surface area contributed by atoms with Crippen molar-refractivity contribution in [1.29, 1.82) is 0 Å². The molecule has 1 rings (SSSR count). The maximum atomic E-state index is 11.0. The molecule has 0 aliphatic rings. The molecule has 1 N–H and O–H groups in total. The molecule has 0 aliphatic heterocycles. The minimum absolute atomic E-state index is 0.234. The summed E-state index contributed by atoms with van der Waals surface area (Å²) in [6.07, 6.45) is 6.57. The fourth-order valence-electron chi connectivity index (χ4n) is 1.56. The summed E-state index contributed by atoms with van der Waals surface area (Å²) in [6, 6.07) is 0. The van der Waals surface area contributed by atoms with Crippen molar-refractivity contribution >= 4 is 9.84 Å². The number of sulfone groups is 1. The number of aryl methyl sites for hydroxylation is 1. The van der Waals surface area contributed by atoms with Crippen molar-refractivity contribution in [3.63, 3.8) is 0 Å². The molecule has 0 saturated heterocycles. The molecule has 0 fully saturated rings. The molecule has 0 bridgehead atoms. The molecule has 0 atom stereocenters. The highest BCUT2D eigenvalue weighted by molar-refractivity contribution is 7.90. The molecule has 0 aliphatic carbocycles. The largest absolute Gasteiger partial charge is 0.337 e. The zero-order valence-corrected chi connectivity index (χ0v) is 11.3. The van der Waals surface area contributed by atoms with Crippen LogP contribution in [0.3, 0.4) is 0 Å². The predicted octanol–water partition coefficient (Wildman–Crippen LogP) is 0.470. The molecule has 6 heteroatoms. The lowest BCUT2D eigenvalue weighted by Crippen LogP contribution is -2.16. The van der Waals surface area contributed by atoms with Crippen molar-refractivity contribution in [3.05, 3.63) is 18.2 Å². The van der Waals surface area contributed by atoms with Crippen LogP contribution in [0.4, 0.5) is 0 Å². The van der Waals surface area contributed by atoms with E-state index in [9.17, 15) is 8.42 Å². The second kappa shape index (κ2) is 6.76. The summed E-state index contributed by atoms with van der Waals surface area (Å²) < 4.78 is 23.9. The van der Waals surface area contributed by atoms with Gasteiger partial charge in [0.2, 0.25) is 0 Å². The van der Waals surface area contributed by atoms with Gasteiger partial charge in [0.05, 0.1) is 17.8 Å². The van der Waals surface area contributed by atoms with Crippen LogP contribution < -0.4 is 5.32 Å². The Labute approximate surface area is 103 Å². The van der Waals surface area contributed by atoms with Gasteiger partial charge in [0.15, 0.2) is 0 Å². The molecular weight excluding hydrogens is 238 g/mol. The van der Waals surface area contributed by atoms with E-state index in [4.69, 9.17) is 0 Å². The van der Waals surface area contributed by atoms with Crippen molar-refractivity contribution < 1.29 is 8.42 Å². The molecule has 0 saturated carbocycles. The first-order valence-electron chi connectivity index (χ1n) is 5.90. The van der Waals surface area contributed by atoms with Gasteiger partial charge in [-0.1, -0.05) is 6.92 Å². The SMILES string of the molecule is CCNCCc1cn(CCCS(C)(=O)=O)cn1. The fourth-order valence-corrected chi connectivity index (χ4v) is 2.21. The number of hydrogen-bond acceptors (Lipinski definition) is 4. The fraction of sp³-hybridized carbons (Fsp3) is 0.727. The average Bonchev–Trinajstić information content (AvgIpc) is 2.64. The van der Waals surface area contributed by atoms with Crippen LogP contribution in [0.2, 0.25) is 0 Å². The van der Waals surface area contributed by atoms with Gasteiger partial charge in [0.25, 0.3) is 0 Å². The van der Waals surface area contributed by atoms with Gasteiger partial charge in [0.1, 0.15) is 9.84 Å². The minimum Gasteiger partial charge on any atom is -0.337 e. The predicted molar refractivity (Wildman–Crippen MR) is 68.8 cm³/mol. The summed E-state index contributed by atoms with van der Waals surface area (Å²) in [5.74, 6) is 0.234. The van der Waals surface area contributed by atoms with E-state index in [0.717, 1.165) is 25.2 Å². The lowest BCUT2D eigenvalue weighted by molar-refractivity contribution is 0.592. The molecule has 17 heavy (non-hydrogen) atoms.